The molecule has 1 aliphatic rings. The van der Waals surface area contributed by atoms with E-state index in [1.165, 1.54) is 5.56 Å². The molecule has 0 bridgehead atoms. The zero-order chi connectivity index (χ0) is 21.0. The quantitative estimate of drug-likeness (QED) is 0.453. The molecule has 6 nitrogen and oxygen atoms in total. The molecule has 0 saturated carbocycles. The number of nitrogens with zero attached hydrogens (tertiary/aromatic N) is 3. The maximum Gasteiger partial charge on any atom is 0.264 e. The van der Waals surface area contributed by atoms with E-state index in [4.69, 9.17) is 4.98 Å². The molecule has 1 amide bonds. The molecular weight excluding hydrogens is 406 g/mol. The number of anilines is 1. The summed E-state index contributed by atoms with van der Waals surface area (Å²) < 4.78 is 1.08. The Morgan fingerprint density at radius 1 is 1.13 bits per heavy atom. The molecular formula is C24H25N5OS. The van der Waals surface area contributed by atoms with Gasteiger partial charge in [-0.1, -0.05) is 30.3 Å². The number of hydrogen-bond acceptors (Lipinski definition) is 6. The molecule has 0 spiro atoms. The first-order chi connectivity index (χ1) is 15.3. The summed E-state index contributed by atoms with van der Waals surface area (Å²) in [5, 5.41) is 8.66. The van der Waals surface area contributed by atoms with Crippen LogP contribution < -0.4 is 10.6 Å². The van der Waals surface area contributed by atoms with E-state index in [0.29, 0.717) is 5.95 Å². The van der Waals surface area contributed by atoms with Crippen LogP contribution in [0.3, 0.4) is 0 Å². The summed E-state index contributed by atoms with van der Waals surface area (Å²) in [7, 11) is 0. The molecule has 1 fully saturated rings. The first-order valence-corrected chi connectivity index (χ1v) is 11.6. The molecule has 2 aromatic carbocycles. The smallest absolute Gasteiger partial charge is 0.264 e. The normalized spacial score (nSPS) is 14.3. The van der Waals surface area contributed by atoms with Gasteiger partial charge in [0.2, 0.25) is 5.95 Å². The first kappa shape index (κ1) is 19.9. The van der Waals surface area contributed by atoms with Crippen molar-refractivity contribution in [1.82, 2.24) is 20.2 Å². The zero-order valence-electron chi connectivity index (χ0n) is 17.3. The molecule has 3 heterocycles. The molecule has 0 unspecified atom stereocenters. The summed E-state index contributed by atoms with van der Waals surface area (Å²) in [6, 6.07) is 16.6. The Hall–Kier alpha value is -3.03. The third-order valence-electron chi connectivity index (χ3n) is 5.63. The van der Waals surface area contributed by atoms with E-state index in [0.717, 1.165) is 71.4 Å². The van der Waals surface area contributed by atoms with E-state index in [-0.39, 0.29) is 5.91 Å². The van der Waals surface area contributed by atoms with E-state index in [1.54, 1.807) is 11.3 Å². The predicted octanol–water partition coefficient (Wildman–Crippen LogP) is 3.93. The number of aryl methyl sites for hydroxylation is 1. The number of thiophene rings is 1. The van der Waals surface area contributed by atoms with Gasteiger partial charge < -0.3 is 15.5 Å². The first-order valence-electron chi connectivity index (χ1n) is 10.7. The number of carbonyl (C=O) groups is 1. The van der Waals surface area contributed by atoms with Crippen molar-refractivity contribution in [3.8, 4) is 0 Å². The van der Waals surface area contributed by atoms with Crippen LogP contribution in [0.15, 0.2) is 54.7 Å². The second-order valence-electron chi connectivity index (χ2n) is 7.78. The molecule has 31 heavy (non-hydrogen) atoms. The maximum absolute atomic E-state index is 12.9. The van der Waals surface area contributed by atoms with Crippen molar-refractivity contribution in [1.29, 1.82) is 0 Å². The predicted molar refractivity (Wildman–Crippen MR) is 127 cm³/mol. The molecule has 0 radical (unpaired) electrons. The van der Waals surface area contributed by atoms with Gasteiger partial charge >= 0.3 is 0 Å². The van der Waals surface area contributed by atoms with Gasteiger partial charge in [-0.05, 0) is 36.6 Å². The van der Waals surface area contributed by atoms with Crippen molar-refractivity contribution >= 4 is 44.2 Å². The standard InChI is InChI=1S/C24H25N5OS/c30-23(29-13-11-25-12-14-29)21-15-19-20(31-21)9-8-18-16-27-24(28-22(18)19)26-10-4-7-17-5-2-1-3-6-17/h1-3,5-6,8-9,15-16,25H,4,7,10-14H2,(H,26,27,28). The van der Waals surface area contributed by atoms with Crippen molar-refractivity contribution in [2.24, 2.45) is 0 Å². The van der Waals surface area contributed by atoms with Gasteiger partial charge in [0.05, 0.1) is 10.4 Å². The summed E-state index contributed by atoms with van der Waals surface area (Å²) in [6.45, 7) is 4.03. The molecule has 2 N–H and O–H groups in total. The van der Waals surface area contributed by atoms with E-state index >= 15 is 0 Å². The second-order valence-corrected chi connectivity index (χ2v) is 8.86. The van der Waals surface area contributed by atoms with Crippen LogP contribution in [0.4, 0.5) is 5.95 Å². The zero-order valence-corrected chi connectivity index (χ0v) is 18.1. The molecule has 4 aromatic rings. The minimum absolute atomic E-state index is 0.115. The SMILES string of the molecule is O=C(c1cc2c(ccc3cnc(NCCCc4ccccc4)nc32)s1)N1CCNCC1. The van der Waals surface area contributed by atoms with Gasteiger partial charge in [0.25, 0.3) is 5.91 Å². The number of carbonyl (C=O) groups excluding carboxylic acids is 1. The van der Waals surface area contributed by atoms with E-state index in [1.807, 2.05) is 29.3 Å². The molecule has 158 valence electrons. The average molecular weight is 432 g/mol. The Bertz CT molecular complexity index is 1200. The van der Waals surface area contributed by atoms with Crippen LogP contribution >= 0.6 is 11.3 Å². The van der Waals surface area contributed by atoms with E-state index in [2.05, 4.69) is 45.9 Å². The second kappa shape index (κ2) is 8.99. The Labute approximate surface area is 185 Å². The van der Waals surface area contributed by atoms with E-state index in [9.17, 15) is 4.79 Å². The van der Waals surface area contributed by atoms with Crippen molar-refractivity contribution in [3.05, 3.63) is 65.2 Å². The fourth-order valence-corrected chi connectivity index (χ4v) is 4.99. The lowest BCUT2D eigenvalue weighted by Crippen LogP contribution is -2.46. The number of hydrogen-bond donors (Lipinski definition) is 2. The number of piperazine rings is 1. The molecule has 0 aliphatic carbocycles. The van der Waals surface area contributed by atoms with Gasteiger partial charge in [-0.25, -0.2) is 9.97 Å². The van der Waals surface area contributed by atoms with Gasteiger partial charge in [-0.3, -0.25) is 4.79 Å². The van der Waals surface area contributed by atoms with Crippen LogP contribution in [0.2, 0.25) is 0 Å². The van der Waals surface area contributed by atoms with Crippen LogP contribution in [-0.4, -0.2) is 53.5 Å². The van der Waals surface area contributed by atoms with Crippen molar-refractivity contribution < 1.29 is 4.79 Å². The molecule has 1 aliphatic heterocycles. The Morgan fingerprint density at radius 3 is 2.81 bits per heavy atom. The van der Waals surface area contributed by atoms with E-state index < -0.39 is 0 Å². The van der Waals surface area contributed by atoms with Crippen molar-refractivity contribution in [2.75, 3.05) is 38.0 Å². The molecule has 1 saturated heterocycles. The highest BCUT2D eigenvalue weighted by Crippen LogP contribution is 2.32. The summed E-state index contributed by atoms with van der Waals surface area (Å²) >= 11 is 1.55. The third kappa shape index (κ3) is 4.38. The van der Waals surface area contributed by atoms with Crippen LogP contribution in [0.25, 0.3) is 21.0 Å². The minimum atomic E-state index is 0.115. The highest BCUT2D eigenvalue weighted by molar-refractivity contribution is 7.21. The summed E-state index contributed by atoms with van der Waals surface area (Å²) in [6.07, 6.45) is 3.89. The fraction of sp³-hybridized carbons (Fsp3) is 0.292. The van der Waals surface area contributed by atoms with Crippen LogP contribution in [0, 0.1) is 0 Å². The number of rotatable bonds is 6. The molecule has 2 aromatic heterocycles. The summed E-state index contributed by atoms with van der Waals surface area (Å²) in [4.78, 5) is 24.9. The Kier molecular flexibility index (Phi) is 5.78. The molecule has 5 rings (SSSR count). The number of aromatic nitrogens is 2. The van der Waals surface area contributed by atoms with Gasteiger partial charge in [-0.2, -0.15) is 0 Å². The van der Waals surface area contributed by atoms with Crippen LogP contribution in [-0.2, 0) is 6.42 Å². The van der Waals surface area contributed by atoms with Gasteiger partial charge in [0.1, 0.15) is 0 Å². The topological polar surface area (TPSA) is 70.2 Å². The van der Waals surface area contributed by atoms with Crippen LogP contribution in [0.1, 0.15) is 21.7 Å². The average Bonchev–Trinajstić information content (AvgIpc) is 3.27. The number of benzene rings is 2. The maximum atomic E-state index is 12.9. The highest BCUT2D eigenvalue weighted by Gasteiger charge is 2.20. The largest absolute Gasteiger partial charge is 0.354 e. The molecule has 0 atom stereocenters. The number of nitrogens with one attached hydrogen (secondary N) is 2. The van der Waals surface area contributed by atoms with Gasteiger partial charge in [0, 0.05) is 54.4 Å². The van der Waals surface area contributed by atoms with Gasteiger partial charge in [-0.15, -0.1) is 11.3 Å². The summed E-state index contributed by atoms with van der Waals surface area (Å²) in [5.41, 5.74) is 2.24. The molecule has 7 heteroatoms. The lowest BCUT2D eigenvalue weighted by molar-refractivity contribution is 0.0741. The number of amides is 1. The Morgan fingerprint density at radius 2 is 1.97 bits per heavy atom. The lowest BCUT2D eigenvalue weighted by Gasteiger charge is -2.26. The summed E-state index contributed by atoms with van der Waals surface area (Å²) in [5.74, 6) is 0.749. The number of fused-ring (bicyclic) bond motifs is 3. The van der Waals surface area contributed by atoms with Gasteiger partial charge in [0.15, 0.2) is 0 Å². The van der Waals surface area contributed by atoms with Crippen LogP contribution in [0.5, 0.6) is 0 Å². The third-order valence-corrected chi connectivity index (χ3v) is 6.72. The Balaban J connectivity index is 1.33. The van der Waals surface area contributed by atoms with Crippen molar-refractivity contribution in [3.63, 3.8) is 0 Å². The highest BCUT2D eigenvalue weighted by atomic mass is 32.1. The minimum Gasteiger partial charge on any atom is -0.354 e. The lowest BCUT2D eigenvalue weighted by atomic mass is 10.1. The fourth-order valence-electron chi connectivity index (χ4n) is 3.96. The monoisotopic (exact) mass is 431 g/mol. The van der Waals surface area contributed by atoms with Crippen molar-refractivity contribution in [2.45, 2.75) is 12.8 Å².